The van der Waals surface area contributed by atoms with E-state index in [2.05, 4.69) is 52.6 Å². The molecule has 3 heterocycles. The number of benzene rings is 1. The average Bonchev–Trinajstić information content (AvgIpc) is 3.35. The van der Waals surface area contributed by atoms with Gasteiger partial charge in [0, 0.05) is 11.4 Å². The molecule has 0 aliphatic carbocycles. The van der Waals surface area contributed by atoms with Crippen LogP contribution in [0.25, 0.3) is 16.4 Å². The summed E-state index contributed by atoms with van der Waals surface area (Å²) in [5, 5.41) is 15.6. The summed E-state index contributed by atoms with van der Waals surface area (Å²) in [7, 11) is 0. The van der Waals surface area contributed by atoms with Crippen molar-refractivity contribution in [2.75, 3.05) is 5.84 Å². The fourth-order valence-corrected chi connectivity index (χ4v) is 4.24. The first-order chi connectivity index (χ1) is 12.6. The third kappa shape index (κ3) is 3.25. The predicted octanol–water partition coefficient (Wildman–Crippen LogP) is 3.82. The number of rotatable bonds is 5. The predicted molar refractivity (Wildman–Crippen MR) is 106 cm³/mol. The molecule has 2 N–H and O–H groups in total. The van der Waals surface area contributed by atoms with E-state index in [1.807, 2.05) is 29.1 Å². The van der Waals surface area contributed by atoms with Crippen molar-refractivity contribution in [3.63, 3.8) is 0 Å². The summed E-state index contributed by atoms with van der Waals surface area (Å²) >= 11 is 3.17. The second-order valence-electron chi connectivity index (χ2n) is 5.95. The van der Waals surface area contributed by atoms with Gasteiger partial charge in [-0.05, 0) is 49.1 Å². The first-order valence-corrected chi connectivity index (χ1v) is 9.98. The van der Waals surface area contributed by atoms with Crippen LogP contribution in [0.15, 0.2) is 53.0 Å². The molecule has 132 valence electrons. The lowest BCUT2D eigenvalue weighted by atomic mass is 10.2. The number of nitrogens with zero attached hydrogens (tertiary/aromatic N) is 5. The van der Waals surface area contributed by atoms with E-state index in [4.69, 9.17) is 5.84 Å². The monoisotopic (exact) mass is 382 g/mol. The van der Waals surface area contributed by atoms with Gasteiger partial charge in [0.1, 0.15) is 0 Å². The quantitative estimate of drug-likeness (QED) is 0.420. The molecule has 0 saturated heterocycles. The van der Waals surface area contributed by atoms with Crippen molar-refractivity contribution in [2.45, 2.75) is 24.8 Å². The van der Waals surface area contributed by atoms with E-state index >= 15 is 0 Å². The lowest BCUT2D eigenvalue weighted by Gasteiger charge is -2.06. The molecule has 1 aromatic carbocycles. The molecule has 0 unspecified atom stereocenters. The van der Waals surface area contributed by atoms with Gasteiger partial charge in [0.2, 0.25) is 5.16 Å². The Hall–Kier alpha value is -2.58. The van der Waals surface area contributed by atoms with Gasteiger partial charge in [0.25, 0.3) is 0 Å². The maximum atomic E-state index is 6.14. The molecule has 0 atom stereocenters. The van der Waals surface area contributed by atoms with Gasteiger partial charge >= 0.3 is 0 Å². The number of aromatic nitrogens is 5. The molecule has 0 aliphatic rings. The Morgan fingerprint density at radius 1 is 1.12 bits per heavy atom. The number of nitrogen functional groups attached to an aromatic ring is 1. The van der Waals surface area contributed by atoms with Crippen LogP contribution in [0.5, 0.6) is 0 Å². The van der Waals surface area contributed by atoms with Crippen molar-refractivity contribution in [2.24, 2.45) is 0 Å². The molecule has 0 bridgehead atoms. The third-order valence-electron chi connectivity index (χ3n) is 3.96. The van der Waals surface area contributed by atoms with Crippen molar-refractivity contribution in [1.29, 1.82) is 0 Å². The molecule has 8 heteroatoms. The Morgan fingerprint density at radius 3 is 2.58 bits per heavy atom. The van der Waals surface area contributed by atoms with Gasteiger partial charge in [0.15, 0.2) is 5.82 Å². The van der Waals surface area contributed by atoms with Crippen LogP contribution in [0.3, 0.4) is 0 Å². The van der Waals surface area contributed by atoms with E-state index in [9.17, 15) is 0 Å². The van der Waals surface area contributed by atoms with E-state index in [1.165, 1.54) is 5.56 Å². The van der Waals surface area contributed by atoms with Gasteiger partial charge in [-0.1, -0.05) is 30.0 Å². The number of hydrogen-bond acceptors (Lipinski definition) is 6. The molecule has 6 nitrogen and oxygen atoms in total. The molecule has 0 saturated carbocycles. The van der Waals surface area contributed by atoms with E-state index in [0.717, 1.165) is 27.7 Å². The van der Waals surface area contributed by atoms with Crippen molar-refractivity contribution >= 4 is 23.1 Å². The molecular weight excluding hydrogens is 364 g/mol. The Bertz CT molecular complexity index is 1010. The van der Waals surface area contributed by atoms with Crippen LogP contribution in [0.4, 0.5) is 0 Å². The smallest absolute Gasteiger partial charge is 0.210 e. The van der Waals surface area contributed by atoms with E-state index < -0.39 is 0 Å². The van der Waals surface area contributed by atoms with Crippen LogP contribution in [0.1, 0.15) is 17.0 Å². The normalized spacial score (nSPS) is 11.2. The van der Waals surface area contributed by atoms with Gasteiger partial charge in [-0.25, -0.2) is 9.36 Å². The summed E-state index contributed by atoms with van der Waals surface area (Å²) in [4.78, 5) is 1.01. The lowest BCUT2D eigenvalue weighted by Crippen LogP contribution is -2.11. The van der Waals surface area contributed by atoms with E-state index in [1.54, 1.807) is 27.8 Å². The van der Waals surface area contributed by atoms with Crippen molar-refractivity contribution in [3.05, 3.63) is 64.8 Å². The molecule has 0 spiro atoms. The SMILES string of the molecule is Cc1cc(C)n(-c2ccc(CSc3nnc(-c4cccs4)n3N)cc2)n1. The first kappa shape index (κ1) is 16.9. The maximum absolute atomic E-state index is 6.14. The number of nitrogens with two attached hydrogens (primary N) is 1. The van der Waals surface area contributed by atoms with Crippen molar-refractivity contribution in [3.8, 4) is 16.4 Å². The van der Waals surface area contributed by atoms with Crippen LogP contribution in [-0.4, -0.2) is 24.7 Å². The highest BCUT2D eigenvalue weighted by atomic mass is 32.2. The van der Waals surface area contributed by atoms with Gasteiger partial charge in [0.05, 0.1) is 16.3 Å². The number of thiophene rings is 1. The fourth-order valence-electron chi connectivity index (χ4n) is 2.72. The lowest BCUT2D eigenvalue weighted by molar-refractivity contribution is 0.833. The van der Waals surface area contributed by atoms with E-state index in [-0.39, 0.29) is 0 Å². The van der Waals surface area contributed by atoms with Crippen molar-refractivity contribution < 1.29 is 0 Å². The summed E-state index contributed by atoms with van der Waals surface area (Å²) in [5.41, 5.74) is 4.40. The van der Waals surface area contributed by atoms with Gasteiger partial charge in [-0.3, -0.25) is 0 Å². The van der Waals surface area contributed by atoms with Gasteiger partial charge in [-0.2, -0.15) is 5.10 Å². The Morgan fingerprint density at radius 2 is 1.92 bits per heavy atom. The summed E-state index contributed by atoms with van der Waals surface area (Å²) in [6, 6.07) is 14.4. The zero-order valence-electron chi connectivity index (χ0n) is 14.5. The molecule has 3 aromatic heterocycles. The average molecular weight is 383 g/mol. The topological polar surface area (TPSA) is 74.5 Å². The zero-order valence-corrected chi connectivity index (χ0v) is 16.1. The van der Waals surface area contributed by atoms with Crippen LogP contribution in [-0.2, 0) is 5.75 Å². The maximum Gasteiger partial charge on any atom is 0.210 e. The highest BCUT2D eigenvalue weighted by Gasteiger charge is 2.13. The number of aryl methyl sites for hydroxylation is 2. The van der Waals surface area contributed by atoms with Crippen molar-refractivity contribution in [1.82, 2.24) is 24.7 Å². The second-order valence-corrected chi connectivity index (χ2v) is 7.84. The molecule has 4 aromatic rings. The molecule has 4 rings (SSSR count). The summed E-state index contributed by atoms with van der Waals surface area (Å²) < 4.78 is 3.51. The second kappa shape index (κ2) is 6.97. The van der Waals surface area contributed by atoms with Crippen LogP contribution >= 0.6 is 23.1 Å². The molecule has 0 radical (unpaired) electrons. The number of hydrogen-bond donors (Lipinski definition) is 1. The summed E-state index contributed by atoms with van der Waals surface area (Å²) in [6.45, 7) is 4.06. The largest absolute Gasteiger partial charge is 0.335 e. The Kier molecular flexibility index (Phi) is 4.52. The third-order valence-corrected chi connectivity index (χ3v) is 5.84. The Balaban J connectivity index is 1.46. The standard InChI is InChI=1S/C18H18N6S2/c1-12-10-13(2)24(22-12)15-7-5-14(6-8-15)11-26-18-21-20-17(23(18)19)16-4-3-9-25-16/h3-10H,11,19H2,1-2H3. The number of thioether (sulfide) groups is 1. The van der Waals surface area contributed by atoms with Crippen LogP contribution < -0.4 is 5.84 Å². The molecule has 0 amide bonds. The van der Waals surface area contributed by atoms with E-state index in [0.29, 0.717) is 11.0 Å². The summed E-state index contributed by atoms with van der Waals surface area (Å²) in [6.07, 6.45) is 0. The molecular formula is C18H18N6S2. The van der Waals surface area contributed by atoms with Crippen LogP contribution in [0, 0.1) is 13.8 Å². The minimum atomic E-state index is 0.697. The first-order valence-electron chi connectivity index (χ1n) is 8.11. The zero-order chi connectivity index (χ0) is 18.1. The van der Waals surface area contributed by atoms with Gasteiger partial charge in [-0.15, -0.1) is 21.5 Å². The highest BCUT2D eigenvalue weighted by Crippen LogP contribution is 2.27. The molecule has 0 aliphatic heterocycles. The highest BCUT2D eigenvalue weighted by molar-refractivity contribution is 7.98. The fraction of sp³-hybridized carbons (Fsp3) is 0.167. The minimum absolute atomic E-state index is 0.697. The van der Waals surface area contributed by atoms with Crippen LogP contribution in [0.2, 0.25) is 0 Å². The molecule has 26 heavy (non-hydrogen) atoms. The Labute approximate surface area is 159 Å². The minimum Gasteiger partial charge on any atom is -0.335 e. The van der Waals surface area contributed by atoms with Gasteiger partial charge < -0.3 is 5.84 Å². The summed E-state index contributed by atoms with van der Waals surface area (Å²) in [5.74, 6) is 7.62. The molecule has 0 fully saturated rings.